The molecule has 3 aromatic rings. The molecule has 2 aromatic carbocycles. The Morgan fingerprint density at radius 1 is 0.903 bits per heavy atom. The molecule has 0 amide bonds. The molecule has 0 aliphatic rings. The minimum absolute atomic E-state index is 0.160. The number of carbonyl (C=O) groups is 1. The zero-order chi connectivity index (χ0) is 22.5. The molecule has 5 heteroatoms. The van der Waals surface area contributed by atoms with Crippen molar-refractivity contribution in [3.63, 3.8) is 0 Å². The summed E-state index contributed by atoms with van der Waals surface area (Å²) in [5, 5.41) is 6.18. The Kier molecular flexibility index (Phi) is 7.52. The smallest absolute Gasteiger partial charge is 0.309 e. The second-order valence-electron chi connectivity index (χ2n) is 9.02. The van der Waals surface area contributed by atoms with Crippen LogP contribution < -0.4 is 10.4 Å². The van der Waals surface area contributed by atoms with E-state index in [1.807, 2.05) is 11.3 Å². The summed E-state index contributed by atoms with van der Waals surface area (Å²) >= 11 is 1.82. The third-order valence-electron chi connectivity index (χ3n) is 6.37. The molecular formula is C26H32O2SSi2. The van der Waals surface area contributed by atoms with Gasteiger partial charge in [0.1, 0.15) is 8.07 Å². The van der Waals surface area contributed by atoms with Crippen LogP contribution in [0.15, 0.2) is 89.4 Å². The molecule has 1 aromatic heterocycles. The molecule has 0 aliphatic heterocycles. The van der Waals surface area contributed by atoms with Gasteiger partial charge in [-0.2, -0.15) is 0 Å². The predicted octanol–water partition coefficient (Wildman–Crippen LogP) is 5.63. The summed E-state index contributed by atoms with van der Waals surface area (Å²) in [6.45, 7) is 9.57. The van der Waals surface area contributed by atoms with Crippen molar-refractivity contribution in [2.24, 2.45) is 0 Å². The van der Waals surface area contributed by atoms with Gasteiger partial charge in [0.15, 0.2) is 0 Å². The van der Waals surface area contributed by atoms with Gasteiger partial charge in [-0.3, -0.25) is 4.79 Å². The zero-order valence-electron chi connectivity index (χ0n) is 19.1. The first kappa shape index (κ1) is 23.4. The van der Waals surface area contributed by atoms with Crippen molar-refractivity contribution in [1.82, 2.24) is 0 Å². The minimum atomic E-state index is -2.06. The van der Waals surface area contributed by atoms with E-state index in [2.05, 4.69) is 110 Å². The van der Waals surface area contributed by atoms with E-state index in [1.54, 1.807) is 0 Å². The highest BCUT2D eigenvalue weighted by Crippen LogP contribution is 2.35. The maximum Gasteiger partial charge on any atom is 0.309 e. The van der Waals surface area contributed by atoms with E-state index < -0.39 is 16.1 Å². The van der Waals surface area contributed by atoms with Crippen LogP contribution in [0.4, 0.5) is 0 Å². The Balaban J connectivity index is 2.16. The summed E-state index contributed by atoms with van der Waals surface area (Å²) in [6, 6.07) is 25.9. The highest BCUT2D eigenvalue weighted by molar-refractivity contribution is 7.11. The van der Waals surface area contributed by atoms with Crippen LogP contribution >= 0.6 is 11.3 Å². The number of esters is 1. The van der Waals surface area contributed by atoms with Gasteiger partial charge in [0.2, 0.25) is 0 Å². The number of ether oxygens (including phenoxy) is 1. The molecule has 162 valence electrons. The van der Waals surface area contributed by atoms with Crippen LogP contribution in [0.3, 0.4) is 0 Å². The van der Waals surface area contributed by atoms with Gasteiger partial charge in [-0.15, -0.1) is 11.3 Å². The predicted molar refractivity (Wildman–Crippen MR) is 139 cm³/mol. The Morgan fingerprint density at radius 3 is 2.00 bits per heavy atom. The number of thiophene rings is 1. The summed E-state index contributed by atoms with van der Waals surface area (Å²) in [5.41, 5.74) is 0.296. The van der Waals surface area contributed by atoms with Gasteiger partial charge in [-0.25, -0.2) is 0 Å². The molecule has 0 fully saturated rings. The molecule has 1 atom stereocenters. The average Bonchev–Trinajstić information content (AvgIpc) is 3.31. The number of methoxy groups -OCH3 is 1. The normalized spacial score (nSPS) is 13.6. The Bertz CT molecular complexity index is 1010. The first-order chi connectivity index (χ1) is 14.8. The van der Waals surface area contributed by atoms with Crippen molar-refractivity contribution in [1.29, 1.82) is 0 Å². The SMILES string of the molecule is COC(=O)C/C(=C\[C@@H](c1cccs1)[Si](C)(C)c1ccccc1)[Si](C)(C)c1ccccc1. The molecule has 0 saturated carbocycles. The lowest BCUT2D eigenvalue weighted by Gasteiger charge is -2.34. The topological polar surface area (TPSA) is 26.3 Å². The van der Waals surface area contributed by atoms with Crippen molar-refractivity contribution in [2.45, 2.75) is 38.2 Å². The van der Waals surface area contributed by atoms with Gasteiger partial charge in [-0.1, -0.05) is 115 Å². The summed E-state index contributed by atoms with van der Waals surface area (Å²) in [6.07, 6.45) is 2.80. The van der Waals surface area contributed by atoms with Crippen molar-refractivity contribution < 1.29 is 9.53 Å². The highest BCUT2D eigenvalue weighted by Gasteiger charge is 2.37. The molecule has 0 unspecified atom stereocenters. The van der Waals surface area contributed by atoms with E-state index in [-0.39, 0.29) is 5.97 Å². The third-order valence-corrected chi connectivity index (χ3v) is 15.1. The van der Waals surface area contributed by atoms with E-state index in [4.69, 9.17) is 4.74 Å². The van der Waals surface area contributed by atoms with Crippen LogP contribution in [0.25, 0.3) is 0 Å². The number of allylic oxidation sites excluding steroid dienone is 1. The highest BCUT2D eigenvalue weighted by atomic mass is 32.1. The Hall–Kier alpha value is -2.22. The largest absolute Gasteiger partial charge is 0.469 e. The number of benzene rings is 2. The summed E-state index contributed by atoms with van der Waals surface area (Å²) in [4.78, 5) is 13.8. The average molecular weight is 465 g/mol. The van der Waals surface area contributed by atoms with Crippen molar-refractivity contribution in [2.75, 3.05) is 7.11 Å². The van der Waals surface area contributed by atoms with Crippen molar-refractivity contribution >= 4 is 43.8 Å². The van der Waals surface area contributed by atoms with E-state index in [9.17, 15) is 4.79 Å². The summed E-state index contributed by atoms with van der Waals surface area (Å²) in [5.74, 6) is -0.160. The fraction of sp³-hybridized carbons (Fsp3) is 0.269. The van der Waals surface area contributed by atoms with Crippen LogP contribution in [-0.4, -0.2) is 29.2 Å². The van der Waals surface area contributed by atoms with Crippen LogP contribution in [-0.2, 0) is 9.53 Å². The molecular weight excluding hydrogens is 433 g/mol. The van der Waals surface area contributed by atoms with Gasteiger partial charge in [0, 0.05) is 10.4 Å². The lowest BCUT2D eigenvalue weighted by molar-refractivity contribution is -0.139. The van der Waals surface area contributed by atoms with E-state index in [0.717, 1.165) is 0 Å². The van der Waals surface area contributed by atoms with Crippen LogP contribution in [0.1, 0.15) is 16.8 Å². The fourth-order valence-electron chi connectivity index (χ4n) is 4.12. The molecule has 0 radical (unpaired) electrons. The fourth-order valence-corrected chi connectivity index (χ4v) is 11.5. The first-order valence-electron chi connectivity index (χ1n) is 10.7. The first-order valence-corrected chi connectivity index (χ1v) is 17.6. The molecule has 2 nitrogen and oxygen atoms in total. The van der Waals surface area contributed by atoms with E-state index in [1.165, 1.54) is 27.6 Å². The molecule has 0 N–H and O–H groups in total. The van der Waals surface area contributed by atoms with Gasteiger partial charge in [0.25, 0.3) is 0 Å². The van der Waals surface area contributed by atoms with Gasteiger partial charge in [0.05, 0.1) is 21.6 Å². The van der Waals surface area contributed by atoms with Crippen LogP contribution in [0.5, 0.6) is 0 Å². The number of hydrogen-bond acceptors (Lipinski definition) is 3. The lowest BCUT2D eigenvalue weighted by atomic mass is 10.2. The Labute approximate surface area is 192 Å². The number of hydrogen-bond donors (Lipinski definition) is 0. The van der Waals surface area contributed by atoms with Crippen LogP contribution in [0, 0.1) is 0 Å². The quantitative estimate of drug-likeness (QED) is 0.319. The van der Waals surface area contributed by atoms with E-state index >= 15 is 0 Å². The zero-order valence-corrected chi connectivity index (χ0v) is 21.9. The molecule has 31 heavy (non-hydrogen) atoms. The lowest BCUT2D eigenvalue weighted by Crippen LogP contribution is -2.49. The van der Waals surface area contributed by atoms with Gasteiger partial charge < -0.3 is 4.74 Å². The maximum atomic E-state index is 12.5. The van der Waals surface area contributed by atoms with Crippen LogP contribution in [0.2, 0.25) is 26.2 Å². The summed E-state index contributed by atoms with van der Waals surface area (Å²) < 4.78 is 5.11. The second-order valence-corrected chi connectivity index (χ2v) is 19.1. The third kappa shape index (κ3) is 5.35. The van der Waals surface area contributed by atoms with Gasteiger partial charge >= 0.3 is 5.97 Å². The molecule has 0 bridgehead atoms. The molecule has 0 spiro atoms. The number of rotatable bonds is 8. The van der Waals surface area contributed by atoms with Gasteiger partial charge in [-0.05, 0) is 11.4 Å². The molecule has 3 rings (SSSR count). The second kappa shape index (κ2) is 9.94. The molecule has 1 heterocycles. The standard InChI is InChI=1S/C26H32O2SSi2/c1-28-26(27)20-23(30(2,3)21-13-8-6-9-14-21)19-25(24-17-12-18-29-24)31(4,5)22-15-10-7-11-16-22/h6-19,25H,20H2,1-5H3/b23-19+/t25-/m0/s1. The number of carbonyl (C=O) groups excluding carboxylic acids is 1. The minimum Gasteiger partial charge on any atom is -0.469 e. The maximum absolute atomic E-state index is 12.5. The van der Waals surface area contributed by atoms with E-state index in [0.29, 0.717) is 12.0 Å². The summed E-state index contributed by atoms with van der Waals surface area (Å²) in [7, 11) is -2.49. The monoisotopic (exact) mass is 464 g/mol. The van der Waals surface area contributed by atoms with Crippen molar-refractivity contribution in [3.8, 4) is 0 Å². The molecule has 0 aliphatic carbocycles. The molecule has 0 saturated heterocycles. The van der Waals surface area contributed by atoms with Crippen molar-refractivity contribution in [3.05, 3.63) is 94.3 Å². The Morgan fingerprint density at radius 2 is 1.48 bits per heavy atom.